The molecule has 3 aromatic heterocycles. The molecule has 1 saturated heterocycles. The minimum absolute atomic E-state index is 0.280. The van der Waals surface area contributed by atoms with Gasteiger partial charge in [0.1, 0.15) is 11.6 Å². The number of pyridine rings is 1. The Morgan fingerprint density at radius 1 is 1.11 bits per heavy atom. The quantitative estimate of drug-likeness (QED) is 0.368. The number of amides is 2. The van der Waals surface area contributed by atoms with Crippen LogP contribution in [0.25, 0.3) is 11.4 Å². The van der Waals surface area contributed by atoms with E-state index in [2.05, 4.69) is 15.2 Å². The predicted molar refractivity (Wildman–Crippen MR) is 127 cm³/mol. The number of aromatic nitrogens is 4. The molecule has 0 radical (unpaired) electrons. The summed E-state index contributed by atoms with van der Waals surface area (Å²) in [6, 6.07) is 12.6. The van der Waals surface area contributed by atoms with E-state index in [1.54, 1.807) is 18.7 Å². The maximum Gasteiger partial charge on any atom is 0.260 e. The Balaban J connectivity index is 1.43. The summed E-state index contributed by atoms with van der Waals surface area (Å²) < 4.78 is 20.8. The summed E-state index contributed by atoms with van der Waals surface area (Å²) in [5, 5.41) is 8.79. The van der Waals surface area contributed by atoms with Gasteiger partial charge in [0.15, 0.2) is 11.0 Å². The second-order valence-corrected chi connectivity index (χ2v) is 9.29. The number of benzene rings is 1. The zero-order chi connectivity index (χ0) is 24.2. The van der Waals surface area contributed by atoms with Crippen molar-refractivity contribution >= 4 is 23.6 Å². The summed E-state index contributed by atoms with van der Waals surface area (Å²) in [5.41, 5.74) is 1.07. The van der Waals surface area contributed by atoms with Gasteiger partial charge < -0.3 is 4.42 Å². The molecule has 1 fully saturated rings. The largest absolute Gasteiger partial charge is 0.467 e. The second kappa shape index (κ2) is 10.2. The minimum Gasteiger partial charge on any atom is -0.467 e. The summed E-state index contributed by atoms with van der Waals surface area (Å²) >= 11 is 1.29. The average Bonchev–Trinajstić information content (AvgIpc) is 3.50. The maximum absolute atomic E-state index is 13.5. The number of rotatable bonds is 6. The number of carbonyl (C=O) groups excluding carboxylic acids is 2. The number of imide groups is 1. The third-order valence-corrected chi connectivity index (χ3v) is 6.99. The van der Waals surface area contributed by atoms with Gasteiger partial charge >= 0.3 is 0 Å². The molecule has 0 saturated carbocycles. The molecule has 0 aliphatic carbocycles. The van der Waals surface area contributed by atoms with Crippen molar-refractivity contribution < 1.29 is 18.4 Å². The number of likely N-dealkylation sites (tertiary alicyclic amines) is 1. The first kappa shape index (κ1) is 23.0. The highest BCUT2D eigenvalue weighted by molar-refractivity contribution is 8.00. The zero-order valence-electron chi connectivity index (χ0n) is 18.7. The molecule has 8 nitrogen and oxygen atoms in total. The van der Waals surface area contributed by atoms with Gasteiger partial charge in [-0.3, -0.25) is 24.0 Å². The normalized spacial score (nSPS) is 16.3. The molecular weight excluding hydrogens is 469 g/mol. The first-order valence-electron chi connectivity index (χ1n) is 11.2. The van der Waals surface area contributed by atoms with Gasteiger partial charge in [-0.2, -0.15) is 0 Å². The van der Waals surface area contributed by atoms with Crippen molar-refractivity contribution in [3.8, 4) is 11.4 Å². The van der Waals surface area contributed by atoms with Crippen LogP contribution in [0.5, 0.6) is 0 Å². The smallest absolute Gasteiger partial charge is 0.260 e. The van der Waals surface area contributed by atoms with Crippen molar-refractivity contribution in [2.45, 2.75) is 36.2 Å². The van der Waals surface area contributed by atoms with Gasteiger partial charge in [0.25, 0.3) is 5.91 Å². The Hall–Kier alpha value is -3.79. The van der Waals surface area contributed by atoms with E-state index in [1.165, 1.54) is 40.9 Å². The molecule has 5 rings (SSSR count). The minimum atomic E-state index is -0.511. The van der Waals surface area contributed by atoms with E-state index < -0.39 is 17.0 Å². The van der Waals surface area contributed by atoms with Gasteiger partial charge in [-0.25, -0.2) is 4.39 Å². The number of halogens is 1. The van der Waals surface area contributed by atoms with Crippen molar-refractivity contribution in [1.82, 2.24) is 24.6 Å². The first-order valence-corrected chi connectivity index (χ1v) is 12.1. The lowest BCUT2D eigenvalue weighted by Crippen LogP contribution is -2.41. The van der Waals surface area contributed by atoms with Gasteiger partial charge in [0.2, 0.25) is 5.91 Å². The number of hydrogen-bond acceptors (Lipinski definition) is 7. The van der Waals surface area contributed by atoms with Crippen molar-refractivity contribution in [2.24, 2.45) is 0 Å². The third kappa shape index (κ3) is 5.02. The summed E-state index contributed by atoms with van der Waals surface area (Å²) in [4.78, 5) is 32.0. The SMILES string of the molecule is O=C(c1ccc(F)cc1)N1CCCCC(Sc2nnc(-c3cccnc3)n2Cc2ccco2)C1=O. The first-order chi connectivity index (χ1) is 17.1. The molecule has 4 heterocycles. The second-order valence-electron chi connectivity index (χ2n) is 8.12. The summed E-state index contributed by atoms with van der Waals surface area (Å²) in [6.45, 7) is 0.706. The standard InChI is InChI=1S/C25H22FN5O3S/c26-19-10-8-17(9-11-19)23(32)30-13-2-1-7-21(24(30)33)35-25-29-28-22(18-5-3-12-27-15-18)31(25)16-20-6-4-14-34-20/h3-6,8-12,14-15,21H,1-2,7,13,16H2. The third-order valence-electron chi connectivity index (χ3n) is 5.75. The van der Waals surface area contributed by atoms with E-state index in [0.29, 0.717) is 36.9 Å². The lowest BCUT2D eigenvalue weighted by Gasteiger charge is -2.22. The van der Waals surface area contributed by atoms with E-state index in [9.17, 15) is 14.0 Å². The van der Waals surface area contributed by atoms with Crippen molar-refractivity contribution in [3.63, 3.8) is 0 Å². The molecule has 1 aliphatic heterocycles. The highest BCUT2D eigenvalue weighted by atomic mass is 32.2. The fourth-order valence-electron chi connectivity index (χ4n) is 3.98. The van der Waals surface area contributed by atoms with Crippen molar-refractivity contribution in [3.05, 3.63) is 84.3 Å². The van der Waals surface area contributed by atoms with Gasteiger partial charge in [-0.05, 0) is 61.4 Å². The van der Waals surface area contributed by atoms with Crippen LogP contribution in [-0.4, -0.2) is 48.3 Å². The number of carbonyl (C=O) groups is 2. The van der Waals surface area contributed by atoms with E-state index in [4.69, 9.17) is 4.42 Å². The lowest BCUT2D eigenvalue weighted by molar-refractivity contribution is -0.127. The molecular formula is C25H22FN5O3S. The van der Waals surface area contributed by atoms with E-state index in [-0.39, 0.29) is 11.5 Å². The summed E-state index contributed by atoms with van der Waals surface area (Å²) in [6.07, 6.45) is 7.09. The maximum atomic E-state index is 13.5. The lowest BCUT2D eigenvalue weighted by atomic mass is 10.2. The van der Waals surface area contributed by atoms with Gasteiger partial charge in [-0.15, -0.1) is 10.2 Å². The Labute approximate surface area is 205 Å². The highest BCUT2D eigenvalue weighted by Crippen LogP contribution is 2.32. The van der Waals surface area contributed by atoms with E-state index >= 15 is 0 Å². The molecule has 1 aromatic carbocycles. The molecule has 0 N–H and O–H groups in total. The summed E-state index contributed by atoms with van der Waals surface area (Å²) in [7, 11) is 0. The van der Waals surface area contributed by atoms with Crippen LogP contribution < -0.4 is 0 Å². The predicted octanol–water partition coefficient (Wildman–Crippen LogP) is 4.43. The van der Waals surface area contributed by atoms with E-state index in [0.717, 1.165) is 17.7 Å². The molecule has 2 amide bonds. The van der Waals surface area contributed by atoms with Crippen LogP contribution in [-0.2, 0) is 11.3 Å². The fourth-order valence-corrected chi connectivity index (χ4v) is 5.11. The van der Waals surface area contributed by atoms with Crippen LogP contribution >= 0.6 is 11.8 Å². The number of thioether (sulfide) groups is 1. The Morgan fingerprint density at radius 2 is 1.97 bits per heavy atom. The number of furan rings is 1. The van der Waals surface area contributed by atoms with Gasteiger partial charge in [0.05, 0.1) is 18.1 Å². The average molecular weight is 492 g/mol. The monoisotopic (exact) mass is 491 g/mol. The Morgan fingerprint density at radius 3 is 2.71 bits per heavy atom. The molecule has 4 aromatic rings. The van der Waals surface area contributed by atoms with Crippen LogP contribution in [0.2, 0.25) is 0 Å². The Kier molecular flexibility index (Phi) is 6.71. The van der Waals surface area contributed by atoms with Crippen LogP contribution in [0.4, 0.5) is 4.39 Å². The zero-order valence-corrected chi connectivity index (χ0v) is 19.5. The van der Waals surface area contributed by atoms with E-state index in [1.807, 2.05) is 28.8 Å². The molecule has 1 aliphatic rings. The number of hydrogen-bond donors (Lipinski definition) is 0. The molecule has 1 atom stereocenters. The summed E-state index contributed by atoms with van der Waals surface area (Å²) in [5.74, 6) is 0.194. The molecule has 0 spiro atoms. The fraction of sp³-hybridized carbons (Fsp3) is 0.240. The molecule has 0 bridgehead atoms. The van der Waals surface area contributed by atoms with Gasteiger partial charge in [-0.1, -0.05) is 18.2 Å². The molecule has 178 valence electrons. The molecule has 35 heavy (non-hydrogen) atoms. The topological polar surface area (TPSA) is 94.1 Å². The van der Waals surface area contributed by atoms with Gasteiger partial charge in [0, 0.05) is 30.1 Å². The van der Waals surface area contributed by atoms with Crippen LogP contribution in [0.1, 0.15) is 35.4 Å². The van der Waals surface area contributed by atoms with Crippen LogP contribution in [0, 0.1) is 5.82 Å². The molecule has 1 unspecified atom stereocenters. The van der Waals surface area contributed by atoms with Crippen molar-refractivity contribution in [2.75, 3.05) is 6.54 Å². The highest BCUT2D eigenvalue weighted by Gasteiger charge is 2.33. The van der Waals surface area contributed by atoms with Crippen molar-refractivity contribution in [1.29, 1.82) is 0 Å². The molecule has 10 heteroatoms. The van der Waals surface area contributed by atoms with Crippen LogP contribution in [0.15, 0.2) is 76.8 Å². The Bertz CT molecular complexity index is 1310. The number of nitrogens with zero attached hydrogens (tertiary/aromatic N) is 5. The van der Waals surface area contributed by atoms with Crippen LogP contribution in [0.3, 0.4) is 0 Å².